The summed E-state index contributed by atoms with van der Waals surface area (Å²) in [5.74, 6) is 0.646. The van der Waals surface area contributed by atoms with Crippen LogP contribution in [0.4, 0.5) is 0 Å². The van der Waals surface area contributed by atoms with Crippen LogP contribution in [0.2, 0.25) is 0 Å². The number of nitrogens with two attached hydrogens (primary N) is 1. The van der Waals surface area contributed by atoms with Crippen LogP contribution in [-0.4, -0.2) is 39.9 Å². The summed E-state index contributed by atoms with van der Waals surface area (Å²) in [5.41, 5.74) is 6.75. The molecule has 1 amide bonds. The molecular weight excluding hydrogens is 204 g/mol. The molecule has 1 aliphatic heterocycles. The van der Waals surface area contributed by atoms with Gasteiger partial charge in [-0.25, -0.2) is 9.97 Å². The molecule has 1 aliphatic rings. The number of hydrogen-bond donors (Lipinski definition) is 1. The Morgan fingerprint density at radius 1 is 1.56 bits per heavy atom. The van der Waals surface area contributed by atoms with Gasteiger partial charge in [-0.05, 0) is 18.9 Å². The highest BCUT2D eigenvalue weighted by molar-refractivity contribution is 5.78. The Morgan fingerprint density at radius 2 is 2.25 bits per heavy atom. The van der Waals surface area contributed by atoms with E-state index in [-0.39, 0.29) is 18.4 Å². The predicted octanol–water partition coefficient (Wildman–Crippen LogP) is -0.113. The van der Waals surface area contributed by atoms with Crippen molar-refractivity contribution in [2.75, 3.05) is 13.1 Å². The summed E-state index contributed by atoms with van der Waals surface area (Å²) in [5, 5.41) is 0. The van der Waals surface area contributed by atoms with Gasteiger partial charge in [0.15, 0.2) is 0 Å². The summed E-state index contributed by atoms with van der Waals surface area (Å²) in [6, 6.07) is 0.128. The van der Waals surface area contributed by atoms with Crippen molar-refractivity contribution in [1.82, 2.24) is 14.9 Å². The Balaban J connectivity index is 1.94. The predicted molar refractivity (Wildman–Crippen MR) is 59.6 cm³/mol. The normalized spacial score (nSPS) is 20.1. The van der Waals surface area contributed by atoms with E-state index in [1.807, 2.05) is 6.92 Å². The molecule has 0 aromatic carbocycles. The zero-order valence-corrected chi connectivity index (χ0v) is 9.39. The number of rotatable bonds is 2. The molecule has 1 atom stereocenters. The number of carbonyl (C=O) groups excluding carboxylic acids is 1. The van der Waals surface area contributed by atoms with Crippen LogP contribution in [-0.2, 0) is 11.2 Å². The summed E-state index contributed by atoms with van der Waals surface area (Å²) in [7, 11) is 0. The molecule has 0 unspecified atom stereocenters. The maximum atomic E-state index is 11.8. The van der Waals surface area contributed by atoms with E-state index in [1.165, 1.54) is 0 Å². The molecule has 1 saturated heterocycles. The van der Waals surface area contributed by atoms with Gasteiger partial charge in [0, 0.05) is 31.5 Å². The van der Waals surface area contributed by atoms with Crippen molar-refractivity contribution < 1.29 is 4.79 Å². The van der Waals surface area contributed by atoms with Crippen LogP contribution in [0.5, 0.6) is 0 Å². The van der Waals surface area contributed by atoms with Gasteiger partial charge in [0.1, 0.15) is 5.82 Å². The quantitative estimate of drug-likeness (QED) is 0.754. The number of hydrogen-bond acceptors (Lipinski definition) is 4. The molecule has 16 heavy (non-hydrogen) atoms. The minimum absolute atomic E-state index is 0.0665. The van der Waals surface area contributed by atoms with E-state index < -0.39 is 0 Å². The Morgan fingerprint density at radius 3 is 2.81 bits per heavy atom. The Kier molecular flexibility index (Phi) is 3.14. The van der Waals surface area contributed by atoms with E-state index in [0.29, 0.717) is 12.4 Å². The minimum atomic E-state index is 0.0665. The third-order valence-electron chi connectivity index (χ3n) is 2.72. The van der Waals surface area contributed by atoms with Crippen LogP contribution in [0.25, 0.3) is 0 Å². The monoisotopic (exact) mass is 220 g/mol. The smallest absolute Gasteiger partial charge is 0.230 e. The van der Waals surface area contributed by atoms with Crippen molar-refractivity contribution in [1.29, 1.82) is 0 Å². The van der Waals surface area contributed by atoms with E-state index in [1.54, 1.807) is 17.3 Å². The standard InChI is InChI=1S/C11H16N4O/c1-8-5-13-10(14-6-8)4-11(16)15-3-2-9(12)7-15/h5-6,9H,2-4,7,12H2,1H3/t9-/m0/s1. The van der Waals surface area contributed by atoms with Gasteiger partial charge in [-0.3, -0.25) is 4.79 Å². The number of likely N-dealkylation sites (tertiary alicyclic amines) is 1. The topological polar surface area (TPSA) is 72.1 Å². The van der Waals surface area contributed by atoms with Crippen LogP contribution in [0.15, 0.2) is 12.4 Å². The van der Waals surface area contributed by atoms with Gasteiger partial charge in [0.2, 0.25) is 5.91 Å². The molecule has 5 heteroatoms. The highest BCUT2D eigenvalue weighted by Gasteiger charge is 2.23. The second kappa shape index (κ2) is 4.57. The Bertz CT molecular complexity index is 376. The molecule has 2 N–H and O–H groups in total. The van der Waals surface area contributed by atoms with Gasteiger partial charge < -0.3 is 10.6 Å². The van der Waals surface area contributed by atoms with E-state index in [9.17, 15) is 4.79 Å². The lowest BCUT2D eigenvalue weighted by molar-refractivity contribution is -0.129. The summed E-state index contributed by atoms with van der Waals surface area (Å²) in [6.07, 6.45) is 4.62. The van der Waals surface area contributed by atoms with E-state index in [2.05, 4.69) is 9.97 Å². The Labute approximate surface area is 94.7 Å². The second-order valence-electron chi connectivity index (χ2n) is 4.24. The van der Waals surface area contributed by atoms with E-state index >= 15 is 0 Å². The zero-order chi connectivity index (χ0) is 11.5. The first-order valence-corrected chi connectivity index (χ1v) is 5.46. The molecular formula is C11H16N4O. The molecule has 0 spiro atoms. The fraction of sp³-hybridized carbons (Fsp3) is 0.545. The third kappa shape index (κ3) is 2.55. The van der Waals surface area contributed by atoms with Crippen molar-refractivity contribution in [3.63, 3.8) is 0 Å². The van der Waals surface area contributed by atoms with Crippen LogP contribution in [0, 0.1) is 6.92 Å². The molecule has 0 aliphatic carbocycles. The van der Waals surface area contributed by atoms with E-state index in [0.717, 1.165) is 18.5 Å². The zero-order valence-electron chi connectivity index (χ0n) is 9.39. The SMILES string of the molecule is Cc1cnc(CC(=O)N2CC[C@H](N)C2)nc1. The molecule has 1 fully saturated rings. The fourth-order valence-electron chi connectivity index (χ4n) is 1.77. The van der Waals surface area contributed by atoms with Crippen molar-refractivity contribution in [2.45, 2.75) is 25.8 Å². The van der Waals surface area contributed by atoms with Crippen LogP contribution >= 0.6 is 0 Å². The number of aryl methyl sites for hydroxylation is 1. The van der Waals surface area contributed by atoms with Gasteiger partial charge in [-0.2, -0.15) is 0 Å². The molecule has 0 saturated carbocycles. The number of amides is 1. The number of aromatic nitrogens is 2. The van der Waals surface area contributed by atoms with Crippen LogP contribution < -0.4 is 5.73 Å². The van der Waals surface area contributed by atoms with Crippen LogP contribution in [0.1, 0.15) is 17.8 Å². The lowest BCUT2D eigenvalue weighted by Gasteiger charge is -2.14. The van der Waals surface area contributed by atoms with Crippen molar-refractivity contribution in [3.8, 4) is 0 Å². The number of carbonyl (C=O) groups is 1. The number of nitrogens with zero attached hydrogens (tertiary/aromatic N) is 3. The summed E-state index contributed by atoms with van der Waals surface area (Å²) < 4.78 is 0. The minimum Gasteiger partial charge on any atom is -0.341 e. The maximum Gasteiger partial charge on any atom is 0.230 e. The van der Waals surface area contributed by atoms with Crippen molar-refractivity contribution >= 4 is 5.91 Å². The molecule has 2 rings (SSSR count). The van der Waals surface area contributed by atoms with Gasteiger partial charge in [0.05, 0.1) is 6.42 Å². The second-order valence-corrected chi connectivity index (χ2v) is 4.24. The summed E-state index contributed by atoms with van der Waals surface area (Å²) in [4.78, 5) is 21.9. The third-order valence-corrected chi connectivity index (χ3v) is 2.72. The molecule has 2 heterocycles. The van der Waals surface area contributed by atoms with Crippen LogP contribution in [0.3, 0.4) is 0 Å². The Hall–Kier alpha value is -1.49. The molecule has 1 aromatic rings. The average molecular weight is 220 g/mol. The van der Waals surface area contributed by atoms with Gasteiger partial charge in [0.25, 0.3) is 0 Å². The van der Waals surface area contributed by atoms with Gasteiger partial charge in [-0.1, -0.05) is 0 Å². The summed E-state index contributed by atoms with van der Waals surface area (Å²) >= 11 is 0. The maximum absolute atomic E-state index is 11.8. The highest BCUT2D eigenvalue weighted by atomic mass is 16.2. The molecule has 1 aromatic heterocycles. The highest BCUT2D eigenvalue weighted by Crippen LogP contribution is 2.08. The van der Waals surface area contributed by atoms with Gasteiger partial charge >= 0.3 is 0 Å². The molecule has 5 nitrogen and oxygen atoms in total. The van der Waals surface area contributed by atoms with Crippen molar-refractivity contribution in [3.05, 3.63) is 23.8 Å². The van der Waals surface area contributed by atoms with E-state index in [4.69, 9.17) is 5.73 Å². The lowest BCUT2D eigenvalue weighted by Crippen LogP contribution is -2.33. The lowest BCUT2D eigenvalue weighted by atomic mass is 10.3. The summed E-state index contributed by atoms with van der Waals surface area (Å²) in [6.45, 7) is 3.33. The largest absolute Gasteiger partial charge is 0.341 e. The first-order valence-electron chi connectivity index (χ1n) is 5.46. The van der Waals surface area contributed by atoms with Crippen molar-refractivity contribution in [2.24, 2.45) is 5.73 Å². The first kappa shape index (κ1) is 11.0. The first-order chi connectivity index (χ1) is 7.65. The molecule has 0 radical (unpaired) electrons. The fourth-order valence-corrected chi connectivity index (χ4v) is 1.77. The molecule has 0 bridgehead atoms. The average Bonchev–Trinajstić information content (AvgIpc) is 2.68. The molecule has 86 valence electrons. The van der Waals surface area contributed by atoms with Gasteiger partial charge in [-0.15, -0.1) is 0 Å².